The van der Waals surface area contributed by atoms with E-state index in [-0.39, 0.29) is 5.41 Å². The molecule has 0 bridgehead atoms. The Bertz CT molecular complexity index is 418. The predicted octanol–water partition coefficient (Wildman–Crippen LogP) is 3.50. The highest BCUT2D eigenvalue weighted by Crippen LogP contribution is 2.20. The molecule has 0 aliphatic heterocycles. The second-order valence-corrected chi connectivity index (χ2v) is 5.58. The molecule has 1 rings (SSSR count). The van der Waals surface area contributed by atoms with Crippen molar-refractivity contribution in [3.8, 4) is 6.07 Å². The molecule has 0 saturated carbocycles. The molecule has 0 atom stereocenters. The van der Waals surface area contributed by atoms with Crippen molar-refractivity contribution in [2.24, 2.45) is 5.41 Å². The van der Waals surface area contributed by atoms with E-state index in [1.807, 2.05) is 12.1 Å². The monoisotopic (exact) mass is 229 g/mol. The van der Waals surface area contributed by atoms with E-state index in [1.54, 1.807) is 12.1 Å². The van der Waals surface area contributed by atoms with E-state index in [2.05, 4.69) is 26.8 Å². The third kappa shape index (κ3) is 5.31. The number of carbonyl (C=O) groups excluding carboxylic acids is 1. The third-order valence-electron chi connectivity index (χ3n) is 2.50. The molecule has 0 aliphatic carbocycles. The molecule has 0 saturated heterocycles. The van der Waals surface area contributed by atoms with E-state index in [4.69, 9.17) is 5.26 Å². The molecule has 1 aromatic carbocycles. The van der Waals surface area contributed by atoms with Crippen LogP contribution in [0.1, 0.15) is 44.7 Å². The van der Waals surface area contributed by atoms with E-state index in [0.717, 1.165) is 12.0 Å². The van der Waals surface area contributed by atoms with Crippen LogP contribution >= 0.6 is 0 Å². The van der Waals surface area contributed by atoms with Crippen molar-refractivity contribution in [2.45, 2.75) is 40.0 Å². The number of Topliss-reactive ketones (excluding diaryl/α,β-unsaturated/α-hetero) is 1. The molecule has 0 N–H and O–H groups in total. The molecule has 17 heavy (non-hydrogen) atoms. The zero-order valence-electron chi connectivity index (χ0n) is 10.8. The molecule has 0 radical (unpaired) electrons. The van der Waals surface area contributed by atoms with Crippen LogP contribution in [-0.2, 0) is 11.2 Å². The summed E-state index contributed by atoms with van der Waals surface area (Å²) in [4.78, 5) is 11.7. The first kappa shape index (κ1) is 13.4. The maximum absolute atomic E-state index is 11.7. The van der Waals surface area contributed by atoms with Gasteiger partial charge in [0.25, 0.3) is 0 Å². The Morgan fingerprint density at radius 1 is 1.24 bits per heavy atom. The number of ketones is 1. The van der Waals surface area contributed by atoms with Gasteiger partial charge in [-0.1, -0.05) is 32.9 Å². The van der Waals surface area contributed by atoms with E-state index in [9.17, 15) is 4.79 Å². The Kier molecular flexibility index (Phi) is 4.45. The Labute approximate surface area is 103 Å². The summed E-state index contributed by atoms with van der Waals surface area (Å²) in [5.41, 5.74) is 1.85. The molecule has 0 unspecified atom stereocenters. The van der Waals surface area contributed by atoms with E-state index < -0.39 is 0 Å². The van der Waals surface area contributed by atoms with Gasteiger partial charge in [0.05, 0.1) is 11.6 Å². The van der Waals surface area contributed by atoms with Gasteiger partial charge in [0.2, 0.25) is 0 Å². The van der Waals surface area contributed by atoms with Crippen LogP contribution in [0, 0.1) is 16.7 Å². The fraction of sp³-hybridized carbons (Fsp3) is 0.467. The molecule has 0 aromatic heterocycles. The second kappa shape index (κ2) is 5.63. The summed E-state index contributed by atoms with van der Waals surface area (Å²) in [5, 5.41) is 8.67. The lowest BCUT2D eigenvalue weighted by Gasteiger charge is -2.16. The molecule has 0 aliphatic rings. The number of nitriles is 1. The Morgan fingerprint density at radius 3 is 2.29 bits per heavy atom. The van der Waals surface area contributed by atoms with Gasteiger partial charge in [-0.05, 0) is 29.5 Å². The van der Waals surface area contributed by atoms with Gasteiger partial charge in [0.1, 0.15) is 5.78 Å². The van der Waals surface area contributed by atoms with Gasteiger partial charge in [-0.3, -0.25) is 4.79 Å². The summed E-state index contributed by atoms with van der Waals surface area (Å²) in [6, 6.07) is 9.51. The fourth-order valence-corrected chi connectivity index (χ4v) is 1.71. The van der Waals surface area contributed by atoms with Crippen molar-refractivity contribution >= 4 is 5.78 Å². The van der Waals surface area contributed by atoms with Crippen LogP contribution < -0.4 is 0 Å². The minimum Gasteiger partial charge on any atom is -0.300 e. The quantitative estimate of drug-likeness (QED) is 0.792. The summed E-state index contributed by atoms with van der Waals surface area (Å²) in [5.74, 6) is 0.307. The lowest BCUT2D eigenvalue weighted by molar-refractivity contribution is -0.120. The van der Waals surface area contributed by atoms with Crippen molar-refractivity contribution in [1.29, 1.82) is 5.26 Å². The molecule has 0 heterocycles. The van der Waals surface area contributed by atoms with Crippen LogP contribution in [0.2, 0.25) is 0 Å². The zero-order chi connectivity index (χ0) is 12.9. The van der Waals surface area contributed by atoms with Crippen LogP contribution in [0.25, 0.3) is 0 Å². The van der Waals surface area contributed by atoms with Crippen molar-refractivity contribution in [2.75, 3.05) is 0 Å². The molecule has 0 spiro atoms. The van der Waals surface area contributed by atoms with E-state index in [1.165, 1.54) is 0 Å². The maximum Gasteiger partial charge on any atom is 0.133 e. The van der Waals surface area contributed by atoms with Crippen molar-refractivity contribution in [3.05, 3.63) is 35.4 Å². The topological polar surface area (TPSA) is 40.9 Å². The lowest BCUT2D eigenvalue weighted by atomic mass is 9.88. The highest BCUT2D eigenvalue weighted by atomic mass is 16.1. The number of rotatable bonds is 4. The molecule has 2 nitrogen and oxygen atoms in total. The number of aryl methyl sites for hydroxylation is 1. The van der Waals surface area contributed by atoms with Gasteiger partial charge in [-0.2, -0.15) is 5.26 Å². The van der Waals surface area contributed by atoms with Gasteiger partial charge in [0.15, 0.2) is 0 Å². The van der Waals surface area contributed by atoms with Crippen molar-refractivity contribution < 1.29 is 4.79 Å². The van der Waals surface area contributed by atoms with E-state index in [0.29, 0.717) is 24.2 Å². The van der Waals surface area contributed by atoms with Gasteiger partial charge >= 0.3 is 0 Å². The number of hydrogen-bond donors (Lipinski definition) is 0. The van der Waals surface area contributed by atoms with Crippen molar-refractivity contribution in [3.63, 3.8) is 0 Å². The average molecular weight is 229 g/mol. The average Bonchev–Trinajstić information content (AvgIpc) is 2.25. The van der Waals surface area contributed by atoms with Crippen LogP contribution in [0.4, 0.5) is 0 Å². The SMILES string of the molecule is CC(C)(C)CC(=O)CCc1ccc(C#N)cc1. The summed E-state index contributed by atoms with van der Waals surface area (Å²) in [6.45, 7) is 6.23. The lowest BCUT2D eigenvalue weighted by Crippen LogP contribution is -2.13. The second-order valence-electron chi connectivity index (χ2n) is 5.58. The normalized spacial score (nSPS) is 10.9. The standard InChI is InChI=1S/C15H19NO/c1-15(2,3)10-14(17)9-8-12-4-6-13(11-16)7-5-12/h4-7H,8-10H2,1-3H3. The molecule has 1 aromatic rings. The third-order valence-corrected chi connectivity index (χ3v) is 2.50. The van der Waals surface area contributed by atoms with Gasteiger partial charge in [-0.15, -0.1) is 0 Å². The van der Waals surface area contributed by atoms with Crippen LogP contribution in [0.15, 0.2) is 24.3 Å². The summed E-state index contributed by atoms with van der Waals surface area (Å²) < 4.78 is 0. The predicted molar refractivity (Wildman–Crippen MR) is 68.6 cm³/mol. The Balaban J connectivity index is 2.45. The summed E-state index contributed by atoms with van der Waals surface area (Å²) >= 11 is 0. The van der Waals surface area contributed by atoms with Crippen LogP contribution in [0.5, 0.6) is 0 Å². The van der Waals surface area contributed by atoms with Gasteiger partial charge in [-0.25, -0.2) is 0 Å². The van der Waals surface area contributed by atoms with E-state index >= 15 is 0 Å². The summed E-state index contributed by atoms with van der Waals surface area (Å²) in [7, 11) is 0. The highest BCUT2D eigenvalue weighted by molar-refractivity contribution is 5.79. The summed E-state index contributed by atoms with van der Waals surface area (Å²) in [6.07, 6.45) is 1.98. The van der Waals surface area contributed by atoms with Gasteiger partial charge in [0, 0.05) is 12.8 Å². The molecule has 90 valence electrons. The van der Waals surface area contributed by atoms with Crippen LogP contribution in [0.3, 0.4) is 0 Å². The first-order valence-corrected chi connectivity index (χ1v) is 5.91. The molecular weight excluding hydrogens is 210 g/mol. The minimum atomic E-state index is 0.0712. The molecular formula is C15H19NO. The Hall–Kier alpha value is -1.62. The first-order chi connectivity index (χ1) is 7.90. The number of hydrogen-bond acceptors (Lipinski definition) is 2. The maximum atomic E-state index is 11.7. The fourth-order valence-electron chi connectivity index (χ4n) is 1.71. The zero-order valence-corrected chi connectivity index (χ0v) is 10.8. The minimum absolute atomic E-state index is 0.0712. The molecule has 0 amide bonds. The van der Waals surface area contributed by atoms with Crippen LogP contribution in [-0.4, -0.2) is 5.78 Å². The molecule has 0 fully saturated rings. The highest BCUT2D eigenvalue weighted by Gasteiger charge is 2.15. The smallest absolute Gasteiger partial charge is 0.133 e. The number of nitrogens with zero attached hydrogens (tertiary/aromatic N) is 1. The first-order valence-electron chi connectivity index (χ1n) is 5.91. The largest absolute Gasteiger partial charge is 0.300 e. The van der Waals surface area contributed by atoms with Gasteiger partial charge < -0.3 is 0 Å². The Morgan fingerprint density at radius 2 is 1.82 bits per heavy atom. The molecule has 2 heteroatoms. The number of carbonyl (C=O) groups is 1. The van der Waals surface area contributed by atoms with Crippen molar-refractivity contribution in [1.82, 2.24) is 0 Å². The number of benzene rings is 1.